The Morgan fingerprint density at radius 3 is 1.69 bits per heavy atom. The summed E-state index contributed by atoms with van der Waals surface area (Å²) in [5.41, 5.74) is 13.3. The predicted molar refractivity (Wildman–Crippen MR) is 221 cm³/mol. The van der Waals surface area contributed by atoms with Crippen LogP contribution in [0.2, 0.25) is 0 Å². The lowest BCUT2D eigenvalue weighted by atomic mass is 9.85. The number of nitrogens with zero attached hydrogens (tertiary/aromatic N) is 6. The van der Waals surface area contributed by atoms with Crippen molar-refractivity contribution in [2.45, 2.75) is 0 Å². The molecule has 54 heavy (non-hydrogen) atoms. The summed E-state index contributed by atoms with van der Waals surface area (Å²) in [6.45, 7) is 0.635. The number of para-hydroxylation sites is 2. The molecule has 6 heteroatoms. The zero-order valence-corrected chi connectivity index (χ0v) is 29.4. The van der Waals surface area contributed by atoms with E-state index in [0.29, 0.717) is 6.67 Å². The molecule has 0 bridgehead atoms. The second-order valence-corrected chi connectivity index (χ2v) is 13.4. The van der Waals surface area contributed by atoms with E-state index < -0.39 is 0 Å². The first-order valence-electron chi connectivity index (χ1n) is 18.1. The standard InChI is InChI=1S/C48H34N6/c1-4-15-34(16-5-1)47(35-17-6-2-7-18-35)48(37-26-27-41-40-23-10-11-24-42(40)54(43(41)30-37)46-25-12-13-28-49-46)36-19-14-22-39(29-36)53-33-52(38-20-8-3-9-21-38)44-31-50-51-32-45(44)53/h1-32H,33H2. The first-order valence-corrected chi connectivity index (χ1v) is 18.1. The normalized spacial score (nSPS) is 12.3. The van der Waals surface area contributed by atoms with Crippen LogP contribution in [0.25, 0.3) is 38.8 Å². The zero-order chi connectivity index (χ0) is 35.8. The number of fused-ring (bicyclic) bond motifs is 4. The number of aromatic nitrogens is 4. The molecule has 9 aromatic rings. The molecule has 0 saturated heterocycles. The van der Waals surface area contributed by atoms with Crippen molar-refractivity contribution >= 4 is 55.7 Å². The minimum Gasteiger partial charge on any atom is -0.320 e. The van der Waals surface area contributed by atoms with Crippen molar-refractivity contribution in [3.63, 3.8) is 0 Å². The Morgan fingerprint density at radius 1 is 0.426 bits per heavy atom. The zero-order valence-electron chi connectivity index (χ0n) is 29.4. The molecule has 0 amide bonds. The van der Waals surface area contributed by atoms with E-state index in [1.807, 2.05) is 36.8 Å². The molecule has 0 unspecified atom stereocenters. The molecule has 6 nitrogen and oxygen atoms in total. The first kappa shape index (κ1) is 31.4. The average molecular weight is 695 g/mol. The Kier molecular flexibility index (Phi) is 7.77. The molecular formula is C48H34N6. The van der Waals surface area contributed by atoms with Gasteiger partial charge in [0.25, 0.3) is 0 Å². The molecule has 4 heterocycles. The van der Waals surface area contributed by atoms with Gasteiger partial charge in [-0.3, -0.25) is 4.57 Å². The van der Waals surface area contributed by atoms with Crippen LogP contribution in [0.15, 0.2) is 195 Å². The molecule has 0 atom stereocenters. The van der Waals surface area contributed by atoms with Gasteiger partial charge in [-0.05, 0) is 81.9 Å². The van der Waals surface area contributed by atoms with Crippen LogP contribution in [0.5, 0.6) is 0 Å². The highest BCUT2D eigenvalue weighted by Crippen LogP contribution is 2.45. The minimum absolute atomic E-state index is 0.635. The number of benzene rings is 6. The maximum absolute atomic E-state index is 4.82. The Hall–Kier alpha value is -7.31. The van der Waals surface area contributed by atoms with Crippen LogP contribution in [0.4, 0.5) is 22.7 Å². The van der Waals surface area contributed by atoms with Gasteiger partial charge in [0.05, 0.1) is 34.8 Å². The summed E-state index contributed by atoms with van der Waals surface area (Å²) in [6.07, 6.45) is 5.59. The van der Waals surface area contributed by atoms with Gasteiger partial charge in [0.15, 0.2) is 0 Å². The van der Waals surface area contributed by atoms with Crippen LogP contribution >= 0.6 is 0 Å². The largest absolute Gasteiger partial charge is 0.320 e. The molecule has 10 rings (SSSR count). The van der Waals surface area contributed by atoms with E-state index in [9.17, 15) is 0 Å². The van der Waals surface area contributed by atoms with Crippen LogP contribution in [0.1, 0.15) is 22.3 Å². The summed E-state index contributed by atoms with van der Waals surface area (Å²) in [7, 11) is 0. The highest BCUT2D eigenvalue weighted by atomic mass is 15.4. The second-order valence-electron chi connectivity index (χ2n) is 13.4. The number of anilines is 4. The molecule has 0 N–H and O–H groups in total. The molecule has 0 aliphatic carbocycles. The van der Waals surface area contributed by atoms with Gasteiger partial charge in [0.1, 0.15) is 12.5 Å². The Morgan fingerprint density at radius 2 is 0.981 bits per heavy atom. The lowest BCUT2D eigenvalue weighted by molar-refractivity contribution is 0.990. The number of hydrogen-bond donors (Lipinski definition) is 0. The Bertz CT molecular complexity index is 2750. The number of rotatable bonds is 7. The molecule has 6 aromatic carbocycles. The van der Waals surface area contributed by atoms with E-state index >= 15 is 0 Å². The van der Waals surface area contributed by atoms with Gasteiger partial charge in [0, 0.05) is 28.3 Å². The molecule has 0 spiro atoms. The molecule has 0 radical (unpaired) electrons. The van der Waals surface area contributed by atoms with Crippen LogP contribution < -0.4 is 9.80 Å². The van der Waals surface area contributed by atoms with Crippen LogP contribution in [0.3, 0.4) is 0 Å². The van der Waals surface area contributed by atoms with Crippen molar-refractivity contribution in [3.05, 3.63) is 217 Å². The summed E-state index contributed by atoms with van der Waals surface area (Å²) in [4.78, 5) is 9.43. The van der Waals surface area contributed by atoms with E-state index in [2.05, 4.69) is 182 Å². The van der Waals surface area contributed by atoms with Crippen LogP contribution in [-0.2, 0) is 0 Å². The minimum atomic E-state index is 0.635. The Labute approximate surface area is 313 Å². The van der Waals surface area contributed by atoms with E-state index in [-0.39, 0.29) is 0 Å². The maximum atomic E-state index is 4.82. The quantitative estimate of drug-likeness (QED) is 0.155. The van der Waals surface area contributed by atoms with Crippen molar-refractivity contribution in [1.82, 2.24) is 19.7 Å². The van der Waals surface area contributed by atoms with E-state index in [1.165, 1.54) is 10.8 Å². The van der Waals surface area contributed by atoms with Crippen LogP contribution in [-0.4, -0.2) is 26.4 Å². The maximum Gasteiger partial charge on any atom is 0.137 e. The van der Waals surface area contributed by atoms with Gasteiger partial charge >= 0.3 is 0 Å². The molecule has 1 aliphatic rings. The fourth-order valence-corrected chi connectivity index (χ4v) is 7.88. The number of hydrogen-bond acceptors (Lipinski definition) is 5. The van der Waals surface area contributed by atoms with Gasteiger partial charge in [-0.25, -0.2) is 4.98 Å². The van der Waals surface area contributed by atoms with Crippen LogP contribution in [0, 0.1) is 0 Å². The predicted octanol–water partition coefficient (Wildman–Crippen LogP) is 11.2. The third-order valence-electron chi connectivity index (χ3n) is 10.3. The SMILES string of the molecule is c1ccc(C(=C(c2cccc(N3CN(c4ccccc4)c4cnncc43)c2)c2ccc3c4ccccc4n(-c4ccccn4)c3c2)c2ccccc2)cc1. The van der Waals surface area contributed by atoms with Crippen molar-refractivity contribution in [2.75, 3.05) is 16.5 Å². The highest BCUT2D eigenvalue weighted by Gasteiger charge is 2.29. The Balaban J connectivity index is 1.22. The molecule has 1 aliphatic heterocycles. The monoisotopic (exact) mass is 694 g/mol. The lowest BCUT2D eigenvalue weighted by Crippen LogP contribution is -2.23. The molecule has 0 saturated carbocycles. The summed E-state index contributed by atoms with van der Waals surface area (Å²) in [6, 6.07) is 62.4. The van der Waals surface area contributed by atoms with Crippen molar-refractivity contribution < 1.29 is 0 Å². The fourth-order valence-electron chi connectivity index (χ4n) is 7.88. The summed E-state index contributed by atoms with van der Waals surface area (Å²) in [5.74, 6) is 0.887. The smallest absolute Gasteiger partial charge is 0.137 e. The first-order chi connectivity index (χ1) is 26.8. The molecular weight excluding hydrogens is 661 g/mol. The molecule has 3 aromatic heterocycles. The summed E-state index contributed by atoms with van der Waals surface area (Å²) >= 11 is 0. The lowest BCUT2D eigenvalue weighted by Gasteiger charge is -2.23. The molecule has 0 fully saturated rings. The summed E-state index contributed by atoms with van der Waals surface area (Å²) < 4.78 is 2.29. The second kappa shape index (κ2) is 13.3. The van der Waals surface area contributed by atoms with E-state index in [1.54, 1.807) is 0 Å². The number of pyridine rings is 1. The topological polar surface area (TPSA) is 50.1 Å². The van der Waals surface area contributed by atoms with E-state index in [0.717, 1.165) is 73.0 Å². The van der Waals surface area contributed by atoms with Gasteiger partial charge in [0.2, 0.25) is 0 Å². The summed E-state index contributed by atoms with van der Waals surface area (Å²) in [5, 5.41) is 11.0. The van der Waals surface area contributed by atoms with Crippen molar-refractivity contribution in [2.24, 2.45) is 0 Å². The van der Waals surface area contributed by atoms with Gasteiger partial charge in [-0.1, -0.05) is 127 Å². The van der Waals surface area contributed by atoms with Crippen molar-refractivity contribution in [3.8, 4) is 5.82 Å². The van der Waals surface area contributed by atoms with Crippen molar-refractivity contribution in [1.29, 1.82) is 0 Å². The highest BCUT2D eigenvalue weighted by molar-refractivity contribution is 6.12. The van der Waals surface area contributed by atoms with Gasteiger partial charge in [-0.2, -0.15) is 10.2 Å². The fraction of sp³-hybridized carbons (Fsp3) is 0.0208. The average Bonchev–Trinajstić information content (AvgIpc) is 3.80. The van der Waals surface area contributed by atoms with Gasteiger partial charge < -0.3 is 9.80 Å². The van der Waals surface area contributed by atoms with E-state index in [4.69, 9.17) is 4.98 Å². The molecule has 256 valence electrons. The van der Waals surface area contributed by atoms with Gasteiger partial charge in [-0.15, -0.1) is 0 Å². The third kappa shape index (κ3) is 5.40. The third-order valence-corrected chi connectivity index (χ3v) is 10.3.